The second kappa shape index (κ2) is 9.71. The Morgan fingerprint density at radius 1 is 1.22 bits per heavy atom. The van der Waals surface area contributed by atoms with Crippen LogP contribution in [0.1, 0.15) is 44.0 Å². The van der Waals surface area contributed by atoms with Gasteiger partial charge in [-0.05, 0) is 43.9 Å². The fourth-order valence-corrected chi connectivity index (χ4v) is 1.99. The molecular formula is C17H25NO5. The highest BCUT2D eigenvalue weighted by molar-refractivity contribution is 5.94. The molecule has 0 aliphatic heterocycles. The maximum atomic E-state index is 12.1. The number of aliphatic carboxylic acids is 1. The van der Waals surface area contributed by atoms with Crippen LogP contribution in [-0.4, -0.2) is 36.7 Å². The first-order chi connectivity index (χ1) is 10.9. The van der Waals surface area contributed by atoms with E-state index >= 15 is 0 Å². The van der Waals surface area contributed by atoms with Gasteiger partial charge in [-0.15, -0.1) is 0 Å². The Balaban J connectivity index is 2.69. The van der Waals surface area contributed by atoms with E-state index < -0.39 is 12.6 Å². The van der Waals surface area contributed by atoms with E-state index in [9.17, 15) is 9.59 Å². The normalized spacial score (nSPS) is 10.4. The Morgan fingerprint density at radius 2 is 1.96 bits per heavy atom. The summed E-state index contributed by atoms with van der Waals surface area (Å²) in [4.78, 5) is 22.7. The zero-order valence-corrected chi connectivity index (χ0v) is 13.9. The highest BCUT2D eigenvalue weighted by atomic mass is 16.5. The van der Waals surface area contributed by atoms with Gasteiger partial charge in [0.1, 0.15) is 0 Å². The number of carbonyl (C=O) groups excluding carboxylic acids is 1. The molecule has 6 heteroatoms. The average molecular weight is 323 g/mol. The van der Waals surface area contributed by atoms with Crippen LogP contribution in [0.2, 0.25) is 0 Å². The molecule has 1 aromatic carbocycles. The van der Waals surface area contributed by atoms with Crippen LogP contribution in [0.3, 0.4) is 0 Å². The third-order valence-electron chi connectivity index (χ3n) is 3.10. The van der Waals surface area contributed by atoms with Crippen LogP contribution in [0.5, 0.6) is 11.5 Å². The van der Waals surface area contributed by atoms with E-state index in [1.807, 2.05) is 0 Å². The van der Waals surface area contributed by atoms with Gasteiger partial charge >= 0.3 is 5.97 Å². The van der Waals surface area contributed by atoms with Crippen LogP contribution in [0.25, 0.3) is 0 Å². The molecule has 128 valence electrons. The van der Waals surface area contributed by atoms with Crippen molar-refractivity contribution in [2.24, 2.45) is 5.92 Å². The van der Waals surface area contributed by atoms with Gasteiger partial charge in [-0.3, -0.25) is 4.79 Å². The van der Waals surface area contributed by atoms with Crippen molar-refractivity contribution in [3.8, 4) is 11.5 Å². The number of benzene rings is 1. The lowest BCUT2D eigenvalue weighted by molar-refractivity contribution is -0.139. The van der Waals surface area contributed by atoms with Gasteiger partial charge in [0.2, 0.25) is 0 Å². The van der Waals surface area contributed by atoms with Crippen LogP contribution in [0.15, 0.2) is 18.2 Å². The molecule has 6 nitrogen and oxygen atoms in total. The van der Waals surface area contributed by atoms with Gasteiger partial charge in [-0.2, -0.15) is 0 Å². The summed E-state index contributed by atoms with van der Waals surface area (Å²) >= 11 is 0. The second-order valence-electron chi connectivity index (χ2n) is 5.57. The van der Waals surface area contributed by atoms with Crippen molar-refractivity contribution >= 4 is 11.9 Å². The summed E-state index contributed by atoms with van der Waals surface area (Å²) in [6, 6.07) is 4.72. The molecule has 0 aromatic heterocycles. The van der Waals surface area contributed by atoms with Gasteiger partial charge in [0, 0.05) is 12.1 Å². The number of hydrogen-bond acceptors (Lipinski definition) is 4. The van der Waals surface area contributed by atoms with Crippen LogP contribution in [0.4, 0.5) is 0 Å². The molecule has 23 heavy (non-hydrogen) atoms. The zero-order chi connectivity index (χ0) is 17.2. The Bertz CT molecular complexity index is 528. The maximum absolute atomic E-state index is 12.1. The summed E-state index contributed by atoms with van der Waals surface area (Å²) < 4.78 is 10.6. The lowest BCUT2D eigenvalue weighted by atomic mass is 10.1. The molecular weight excluding hydrogens is 298 g/mol. The van der Waals surface area contributed by atoms with Crippen molar-refractivity contribution in [3.63, 3.8) is 0 Å². The molecule has 1 aromatic rings. The summed E-state index contributed by atoms with van der Waals surface area (Å²) in [5, 5.41) is 11.5. The summed E-state index contributed by atoms with van der Waals surface area (Å²) in [7, 11) is 0. The molecule has 0 radical (unpaired) electrons. The molecule has 0 unspecified atom stereocenters. The predicted molar refractivity (Wildman–Crippen MR) is 87.1 cm³/mol. The Hall–Kier alpha value is -2.24. The fraction of sp³-hybridized carbons (Fsp3) is 0.529. The number of nitrogens with one attached hydrogen (secondary N) is 1. The minimum absolute atomic E-state index is 0.181. The number of carboxylic acids is 1. The zero-order valence-electron chi connectivity index (χ0n) is 13.9. The van der Waals surface area contributed by atoms with Crippen molar-refractivity contribution in [1.29, 1.82) is 0 Å². The predicted octanol–water partition coefficient (Wildman–Crippen LogP) is 2.71. The number of hydrogen-bond donors (Lipinski definition) is 2. The molecule has 1 amide bonds. The van der Waals surface area contributed by atoms with Crippen molar-refractivity contribution in [3.05, 3.63) is 23.8 Å². The van der Waals surface area contributed by atoms with Crippen LogP contribution >= 0.6 is 0 Å². The number of amides is 1. The maximum Gasteiger partial charge on any atom is 0.341 e. The topological polar surface area (TPSA) is 84.9 Å². The summed E-state index contributed by atoms with van der Waals surface area (Å²) in [6.45, 7) is 6.65. The van der Waals surface area contributed by atoms with Gasteiger partial charge in [0.15, 0.2) is 18.1 Å². The summed E-state index contributed by atoms with van der Waals surface area (Å²) in [5.41, 5.74) is 0.459. The standard InChI is InChI=1S/C17H25NO5/c1-4-22-15-10-13(7-8-14(15)23-11-16(19)20)17(21)18-9-5-6-12(2)3/h7-8,10,12H,4-6,9,11H2,1-3H3,(H,18,21)(H,19,20). The van der Waals surface area contributed by atoms with Gasteiger partial charge in [-0.1, -0.05) is 13.8 Å². The molecule has 0 fully saturated rings. The summed E-state index contributed by atoms with van der Waals surface area (Å²) in [6.07, 6.45) is 1.99. The largest absolute Gasteiger partial charge is 0.490 e. The SMILES string of the molecule is CCOc1cc(C(=O)NCCCC(C)C)ccc1OCC(=O)O. The molecule has 0 saturated heterocycles. The fourth-order valence-electron chi connectivity index (χ4n) is 1.99. The van der Waals surface area contributed by atoms with E-state index in [1.54, 1.807) is 25.1 Å². The van der Waals surface area contributed by atoms with E-state index in [2.05, 4.69) is 19.2 Å². The van der Waals surface area contributed by atoms with Crippen molar-refractivity contribution in [2.75, 3.05) is 19.8 Å². The Kier molecular flexibility index (Phi) is 7.94. The van der Waals surface area contributed by atoms with Gasteiger partial charge in [0.25, 0.3) is 5.91 Å². The van der Waals surface area contributed by atoms with Crippen LogP contribution in [0, 0.1) is 5.92 Å². The third-order valence-corrected chi connectivity index (χ3v) is 3.10. The Morgan fingerprint density at radius 3 is 2.57 bits per heavy atom. The lowest BCUT2D eigenvalue weighted by Gasteiger charge is -2.12. The lowest BCUT2D eigenvalue weighted by Crippen LogP contribution is -2.24. The van der Waals surface area contributed by atoms with Crippen molar-refractivity contribution < 1.29 is 24.2 Å². The first-order valence-electron chi connectivity index (χ1n) is 7.83. The second-order valence-corrected chi connectivity index (χ2v) is 5.57. The van der Waals surface area contributed by atoms with E-state index in [0.29, 0.717) is 36.1 Å². The number of carboxylic acid groups (broad SMARTS) is 1. The monoisotopic (exact) mass is 323 g/mol. The smallest absolute Gasteiger partial charge is 0.341 e. The van der Waals surface area contributed by atoms with E-state index in [1.165, 1.54) is 0 Å². The quantitative estimate of drug-likeness (QED) is 0.647. The average Bonchev–Trinajstić information content (AvgIpc) is 2.50. The highest BCUT2D eigenvalue weighted by Gasteiger charge is 2.12. The molecule has 0 heterocycles. The third kappa shape index (κ3) is 7.04. The first-order valence-corrected chi connectivity index (χ1v) is 7.83. The van der Waals surface area contributed by atoms with Crippen LogP contribution < -0.4 is 14.8 Å². The van der Waals surface area contributed by atoms with Crippen LogP contribution in [-0.2, 0) is 4.79 Å². The number of ether oxygens (including phenoxy) is 2. The van der Waals surface area contributed by atoms with Gasteiger partial charge in [-0.25, -0.2) is 4.79 Å². The van der Waals surface area contributed by atoms with E-state index in [0.717, 1.165) is 12.8 Å². The molecule has 0 aliphatic rings. The molecule has 0 spiro atoms. The first kappa shape index (κ1) is 18.8. The Labute approximate surface area is 136 Å². The summed E-state index contributed by atoms with van der Waals surface area (Å²) in [5.74, 6) is 0.0372. The molecule has 0 saturated carbocycles. The van der Waals surface area contributed by atoms with E-state index in [-0.39, 0.29) is 5.91 Å². The number of rotatable bonds is 10. The molecule has 0 aliphatic carbocycles. The molecule has 2 N–H and O–H groups in total. The van der Waals surface area contributed by atoms with Crippen molar-refractivity contribution in [2.45, 2.75) is 33.6 Å². The van der Waals surface area contributed by atoms with E-state index in [4.69, 9.17) is 14.6 Å². The van der Waals surface area contributed by atoms with Gasteiger partial charge < -0.3 is 19.9 Å². The number of carbonyl (C=O) groups is 2. The molecule has 1 rings (SSSR count). The highest BCUT2D eigenvalue weighted by Crippen LogP contribution is 2.28. The van der Waals surface area contributed by atoms with Crippen molar-refractivity contribution in [1.82, 2.24) is 5.32 Å². The molecule has 0 bridgehead atoms. The minimum Gasteiger partial charge on any atom is -0.490 e. The minimum atomic E-state index is -1.07. The molecule has 0 atom stereocenters. The van der Waals surface area contributed by atoms with Gasteiger partial charge in [0.05, 0.1) is 6.61 Å².